The average Bonchev–Trinajstić information content (AvgIpc) is 2.82. The Morgan fingerprint density at radius 2 is 1.30 bits per heavy atom. The van der Waals surface area contributed by atoms with E-state index >= 15 is 0 Å². The van der Waals surface area contributed by atoms with Crippen molar-refractivity contribution in [3.05, 3.63) is 48.0 Å². The molecule has 0 unspecified atom stereocenters. The molecule has 0 heterocycles. The Labute approximate surface area is 179 Å². The monoisotopic (exact) mass is 428 g/mol. The molecule has 4 nitrogen and oxygen atoms in total. The van der Waals surface area contributed by atoms with Crippen molar-refractivity contribution in [2.24, 2.45) is 11.8 Å². The van der Waals surface area contributed by atoms with E-state index in [1.807, 2.05) is 36.4 Å². The number of hydrogen-bond acceptors (Lipinski definition) is 4. The molecular weight excluding hydrogens is 395 g/mol. The van der Waals surface area contributed by atoms with Crippen LogP contribution in [0.3, 0.4) is 0 Å². The van der Waals surface area contributed by atoms with Gasteiger partial charge in [0.25, 0.3) is 5.52 Å². The van der Waals surface area contributed by atoms with Crippen molar-refractivity contribution in [1.29, 1.82) is 0 Å². The zero-order valence-corrected chi connectivity index (χ0v) is 18.7. The Bertz CT molecular complexity index is 866. The number of rotatable bonds is 8. The molecule has 2 aliphatic rings. The molecule has 30 heavy (non-hydrogen) atoms. The van der Waals surface area contributed by atoms with Gasteiger partial charge in [0.05, 0.1) is 13.2 Å². The Kier molecular flexibility index (Phi) is 7.41. The molecule has 2 aromatic rings. The minimum atomic E-state index is -3.91. The fourth-order valence-electron chi connectivity index (χ4n) is 4.83. The fraction of sp³-hybridized carbons (Fsp3) is 0.560. The van der Waals surface area contributed by atoms with Crippen LogP contribution in [-0.2, 0) is 13.6 Å². The van der Waals surface area contributed by atoms with Gasteiger partial charge in [-0.3, -0.25) is 9.36 Å². The minimum Gasteiger partial charge on any atom is -0.303 e. The van der Waals surface area contributed by atoms with Crippen molar-refractivity contribution in [3.8, 4) is 0 Å². The maximum atomic E-state index is 13.8. The molecule has 0 atom stereocenters. The maximum absolute atomic E-state index is 13.8. The number of hydrogen-bond donors (Lipinski definition) is 0. The van der Waals surface area contributed by atoms with Crippen LogP contribution < -0.4 is 0 Å². The Balaban J connectivity index is 1.55. The van der Waals surface area contributed by atoms with Gasteiger partial charge < -0.3 is 9.05 Å². The SMILES string of the molecule is O=C(c1cccc2ccccc12)P(=O)(OCC1CCCCC1)OCC1CCCCC1. The van der Waals surface area contributed by atoms with Gasteiger partial charge in [0.2, 0.25) is 0 Å². The lowest BCUT2D eigenvalue weighted by atomic mass is 9.90. The van der Waals surface area contributed by atoms with Crippen LogP contribution in [0.5, 0.6) is 0 Å². The van der Waals surface area contributed by atoms with E-state index in [9.17, 15) is 9.36 Å². The molecule has 0 aliphatic heterocycles. The van der Waals surface area contributed by atoms with E-state index in [-0.39, 0.29) is 0 Å². The first-order valence-electron chi connectivity index (χ1n) is 11.6. The first kappa shape index (κ1) is 21.7. The second-order valence-corrected chi connectivity index (χ2v) is 10.8. The molecule has 4 rings (SSSR count). The van der Waals surface area contributed by atoms with Crippen LogP contribution in [0.25, 0.3) is 10.8 Å². The van der Waals surface area contributed by atoms with Crippen LogP contribution in [0, 0.1) is 11.8 Å². The first-order valence-corrected chi connectivity index (χ1v) is 13.1. The van der Waals surface area contributed by atoms with Crippen molar-refractivity contribution in [3.63, 3.8) is 0 Å². The molecule has 2 aromatic carbocycles. The van der Waals surface area contributed by atoms with E-state index in [0.29, 0.717) is 30.6 Å². The number of carbonyl (C=O) groups is 1. The average molecular weight is 429 g/mol. The molecule has 0 bridgehead atoms. The van der Waals surface area contributed by atoms with Gasteiger partial charge in [0.1, 0.15) is 0 Å². The molecule has 2 fully saturated rings. The van der Waals surface area contributed by atoms with Crippen molar-refractivity contribution >= 4 is 23.9 Å². The molecule has 0 spiro atoms. The summed E-state index contributed by atoms with van der Waals surface area (Å²) in [5, 5.41) is 1.75. The predicted molar refractivity (Wildman–Crippen MR) is 121 cm³/mol. The van der Waals surface area contributed by atoms with Gasteiger partial charge in [-0.15, -0.1) is 0 Å². The molecule has 0 saturated heterocycles. The molecule has 5 heteroatoms. The molecule has 0 aromatic heterocycles. The van der Waals surface area contributed by atoms with Crippen LogP contribution in [-0.4, -0.2) is 18.7 Å². The summed E-state index contributed by atoms with van der Waals surface area (Å²) in [4.78, 5) is 13.5. The fourth-order valence-corrected chi connectivity index (χ4v) is 6.44. The van der Waals surface area contributed by atoms with E-state index in [4.69, 9.17) is 9.05 Å². The highest BCUT2D eigenvalue weighted by Crippen LogP contribution is 2.53. The number of benzene rings is 2. The van der Waals surface area contributed by atoms with Crippen LogP contribution in [0.2, 0.25) is 0 Å². The second kappa shape index (κ2) is 10.2. The van der Waals surface area contributed by atoms with Gasteiger partial charge in [-0.05, 0) is 48.3 Å². The minimum absolute atomic E-state index is 0.346. The lowest BCUT2D eigenvalue weighted by molar-refractivity contribution is 0.0937. The second-order valence-electron chi connectivity index (χ2n) is 8.93. The third-order valence-electron chi connectivity index (χ3n) is 6.68. The van der Waals surface area contributed by atoms with Crippen LogP contribution in [0.15, 0.2) is 42.5 Å². The predicted octanol–water partition coefficient (Wildman–Crippen LogP) is 7.37. The summed E-state index contributed by atoms with van der Waals surface area (Å²) >= 11 is 0. The lowest BCUT2D eigenvalue weighted by Gasteiger charge is -2.26. The summed E-state index contributed by atoms with van der Waals surface area (Å²) in [6, 6.07) is 13.2. The van der Waals surface area contributed by atoms with E-state index in [0.717, 1.165) is 36.5 Å². The van der Waals surface area contributed by atoms with Crippen molar-refractivity contribution in [1.82, 2.24) is 0 Å². The third-order valence-corrected chi connectivity index (χ3v) is 8.40. The van der Waals surface area contributed by atoms with Gasteiger partial charge in [0.15, 0.2) is 0 Å². The van der Waals surface area contributed by atoms with Crippen molar-refractivity contribution in [2.75, 3.05) is 13.2 Å². The van der Waals surface area contributed by atoms with Crippen LogP contribution in [0.1, 0.15) is 74.6 Å². The highest BCUT2D eigenvalue weighted by atomic mass is 31.2. The third kappa shape index (κ3) is 5.22. The molecule has 162 valence electrons. The molecule has 2 saturated carbocycles. The van der Waals surface area contributed by atoms with E-state index in [2.05, 4.69) is 0 Å². The van der Waals surface area contributed by atoms with Gasteiger partial charge in [-0.25, -0.2) is 0 Å². The zero-order valence-electron chi connectivity index (χ0n) is 17.8. The summed E-state index contributed by atoms with van der Waals surface area (Å²) in [5.41, 5.74) is -0.0605. The van der Waals surface area contributed by atoms with E-state index in [1.54, 1.807) is 6.07 Å². The largest absolute Gasteiger partial charge is 0.401 e. The first-order chi connectivity index (χ1) is 14.7. The molecule has 0 amide bonds. The maximum Gasteiger partial charge on any atom is 0.401 e. The lowest BCUT2D eigenvalue weighted by Crippen LogP contribution is -2.18. The van der Waals surface area contributed by atoms with Gasteiger partial charge >= 0.3 is 7.60 Å². The Morgan fingerprint density at radius 3 is 1.90 bits per heavy atom. The summed E-state index contributed by atoms with van der Waals surface area (Å²) in [6.07, 6.45) is 11.5. The standard InChI is InChI=1S/C25H33O4P/c26-25(24-17-9-15-22-14-7-8-16-23(22)24)30(27,28-18-20-10-3-1-4-11-20)29-19-21-12-5-2-6-13-21/h7-9,14-17,20-21H,1-6,10-13,18-19H2. The summed E-state index contributed by atoms with van der Waals surface area (Å²) in [5.74, 6) is 0.733. The number of fused-ring (bicyclic) bond motifs is 1. The van der Waals surface area contributed by atoms with Crippen LogP contribution in [0.4, 0.5) is 0 Å². The Hall–Kier alpha value is -1.48. The van der Waals surface area contributed by atoms with Gasteiger partial charge in [-0.1, -0.05) is 81.0 Å². The van der Waals surface area contributed by atoms with Crippen molar-refractivity contribution in [2.45, 2.75) is 64.2 Å². The van der Waals surface area contributed by atoms with Crippen molar-refractivity contribution < 1.29 is 18.4 Å². The number of carbonyl (C=O) groups excluding carboxylic acids is 1. The molecule has 0 N–H and O–H groups in total. The molecule has 0 radical (unpaired) electrons. The summed E-state index contributed by atoms with van der Waals surface area (Å²) in [6.45, 7) is 0.691. The molecular formula is C25H33O4P. The Morgan fingerprint density at radius 1 is 0.767 bits per heavy atom. The smallest absolute Gasteiger partial charge is 0.303 e. The van der Waals surface area contributed by atoms with Gasteiger partial charge in [-0.2, -0.15) is 0 Å². The van der Waals surface area contributed by atoms with E-state index < -0.39 is 13.1 Å². The summed E-state index contributed by atoms with van der Waals surface area (Å²) in [7, 11) is -3.91. The quantitative estimate of drug-likeness (QED) is 0.412. The van der Waals surface area contributed by atoms with Crippen LogP contribution >= 0.6 is 7.60 Å². The van der Waals surface area contributed by atoms with Gasteiger partial charge in [0, 0.05) is 5.56 Å². The topological polar surface area (TPSA) is 52.6 Å². The zero-order chi connectivity index (χ0) is 20.8. The summed E-state index contributed by atoms with van der Waals surface area (Å²) < 4.78 is 25.7. The molecule has 2 aliphatic carbocycles. The highest BCUT2D eigenvalue weighted by Gasteiger charge is 2.38. The normalized spacial score (nSPS) is 19.2. The highest BCUT2D eigenvalue weighted by molar-refractivity contribution is 7.72. The van der Waals surface area contributed by atoms with E-state index in [1.165, 1.54) is 38.5 Å².